The van der Waals surface area contributed by atoms with Crippen LogP contribution in [0.3, 0.4) is 0 Å². The first-order valence-electron chi connectivity index (χ1n) is 7.56. The average Bonchev–Trinajstić information content (AvgIpc) is 2.94. The van der Waals surface area contributed by atoms with Crippen LogP contribution in [-0.2, 0) is 9.53 Å². The number of hydrogen-bond acceptors (Lipinski definition) is 4. The van der Waals surface area contributed by atoms with Crippen LogP contribution in [0.2, 0.25) is 5.02 Å². The number of hydrogen-bond donors (Lipinski definition) is 0. The standard InChI is InChI=1S/C16H19ClN2O3/c1-22-15(21)16-6-3-2-4-11(16)9-19(10-16)14(20)12-5-7-18-8-13(12)17/h5,7-8,11H,2-4,6,9-10H2,1H3/t11-,16-/m1/s1. The first-order chi connectivity index (χ1) is 10.6. The number of esters is 1. The van der Waals surface area contributed by atoms with Gasteiger partial charge in [0.2, 0.25) is 0 Å². The van der Waals surface area contributed by atoms with Crippen LogP contribution in [0.4, 0.5) is 0 Å². The molecule has 0 bridgehead atoms. The minimum absolute atomic E-state index is 0.134. The molecule has 1 aromatic heterocycles. The van der Waals surface area contributed by atoms with Gasteiger partial charge in [-0.1, -0.05) is 24.4 Å². The van der Waals surface area contributed by atoms with Crippen molar-refractivity contribution in [1.82, 2.24) is 9.88 Å². The summed E-state index contributed by atoms with van der Waals surface area (Å²) in [7, 11) is 1.42. The van der Waals surface area contributed by atoms with E-state index in [0.29, 0.717) is 23.7 Å². The van der Waals surface area contributed by atoms with Crippen molar-refractivity contribution in [1.29, 1.82) is 0 Å². The Morgan fingerprint density at radius 2 is 2.27 bits per heavy atom. The van der Waals surface area contributed by atoms with Gasteiger partial charge in [-0.2, -0.15) is 0 Å². The number of amides is 1. The fraction of sp³-hybridized carbons (Fsp3) is 0.562. The zero-order chi connectivity index (χ0) is 15.7. The van der Waals surface area contributed by atoms with E-state index in [-0.39, 0.29) is 17.8 Å². The minimum Gasteiger partial charge on any atom is -0.469 e. The molecule has 2 fully saturated rings. The lowest BCUT2D eigenvalue weighted by Crippen LogP contribution is -2.42. The van der Waals surface area contributed by atoms with Gasteiger partial charge < -0.3 is 9.64 Å². The van der Waals surface area contributed by atoms with Crippen molar-refractivity contribution >= 4 is 23.5 Å². The number of ether oxygens (including phenoxy) is 1. The average molecular weight is 323 g/mol. The third-order valence-corrected chi connectivity index (χ3v) is 5.30. The summed E-state index contributed by atoms with van der Waals surface area (Å²) in [5.41, 5.74) is -0.0994. The van der Waals surface area contributed by atoms with Gasteiger partial charge in [0.1, 0.15) is 0 Å². The van der Waals surface area contributed by atoms with Crippen molar-refractivity contribution in [2.24, 2.45) is 11.3 Å². The number of pyridine rings is 1. The van der Waals surface area contributed by atoms with Crippen molar-refractivity contribution in [2.45, 2.75) is 25.7 Å². The van der Waals surface area contributed by atoms with Crippen LogP contribution in [0.25, 0.3) is 0 Å². The van der Waals surface area contributed by atoms with Gasteiger partial charge in [0, 0.05) is 25.5 Å². The molecule has 0 unspecified atom stereocenters. The second-order valence-electron chi connectivity index (χ2n) is 6.13. The summed E-state index contributed by atoms with van der Waals surface area (Å²) in [4.78, 5) is 30.7. The van der Waals surface area contributed by atoms with Crippen molar-refractivity contribution in [3.05, 3.63) is 29.0 Å². The van der Waals surface area contributed by atoms with Crippen LogP contribution in [-0.4, -0.2) is 42.0 Å². The molecule has 5 nitrogen and oxygen atoms in total. The molecule has 0 aromatic carbocycles. The molecular formula is C16H19ClN2O3. The summed E-state index contributed by atoms with van der Waals surface area (Å²) in [6, 6.07) is 1.62. The number of likely N-dealkylation sites (tertiary alicyclic amines) is 1. The van der Waals surface area contributed by atoms with Crippen LogP contribution >= 0.6 is 11.6 Å². The van der Waals surface area contributed by atoms with Crippen molar-refractivity contribution in [3.63, 3.8) is 0 Å². The lowest BCUT2D eigenvalue weighted by molar-refractivity contribution is -0.156. The van der Waals surface area contributed by atoms with E-state index in [1.54, 1.807) is 17.2 Å². The molecule has 1 aliphatic carbocycles. The highest BCUT2D eigenvalue weighted by Crippen LogP contribution is 2.47. The monoisotopic (exact) mass is 322 g/mol. The van der Waals surface area contributed by atoms with Gasteiger partial charge in [-0.3, -0.25) is 14.6 Å². The van der Waals surface area contributed by atoms with Crippen LogP contribution < -0.4 is 0 Å². The largest absolute Gasteiger partial charge is 0.469 e. The molecule has 22 heavy (non-hydrogen) atoms. The summed E-state index contributed by atoms with van der Waals surface area (Å²) in [5.74, 6) is -0.142. The number of fused-ring (bicyclic) bond motifs is 1. The number of nitrogens with zero attached hydrogens (tertiary/aromatic N) is 2. The van der Waals surface area contributed by atoms with Crippen LogP contribution in [0.15, 0.2) is 18.5 Å². The van der Waals surface area contributed by atoms with Crippen LogP contribution in [0.5, 0.6) is 0 Å². The summed E-state index contributed by atoms with van der Waals surface area (Å²) in [6.45, 7) is 1.01. The molecule has 1 aromatic rings. The van der Waals surface area contributed by atoms with Crippen LogP contribution in [0, 0.1) is 11.3 Å². The van der Waals surface area contributed by atoms with E-state index in [4.69, 9.17) is 16.3 Å². The molecule has 2 aliphatic rings. The zero-order valence-corrected chi connectivity index (χ0v) is 13.3. The quantitative estimate of drug-likeness (QED) is 0.785. The lowest BCUT2D eigenvalue weighted by Gasteiger charge is -2.35. The molecule has 0 spiro atoms. The number of rotatable bonds is 2. The summed E-state index contributed by atoms with van der Waals surface area (Å²) >= 11 is 6.07. The predicted octanol–water partition coefficient (Wildman–Crippen LogP) is 2.54. The van der Waals surface area contributed by atoms with E-state index in [0.717, 1.165) is 25.7 Å². The van der Waals surface area contributed by atoms with Gasteiger partial charge in [0.05, 0.1) is 23.1 Å². The van der Waals surface area contributed by atoms with Gasteiger partial charge >= 0.3 is 5.97 Å². The first kappa shape index (κ1) is 15.3. The van der Waals surface area contributed by atoms with E-state index in [2.05, 4.69) is 4.98 Å². The number of carbonyl (C=O) groups is 2. The number of methoxy groups -OCH3 is 1. The highest BCUT2D eigenvalue weighted by molar-refractivity contribution is 6.33. The molecule has 0 N–H and O–H groups in total. The maximum Gasteiger partial charge on any atom is 0.313 e. The lowest BCUT2D eigenvalue weighted by atomic mass is 9.68. The topological polar surface area (TPSA) is 59.5 Å². The Morgan fingerprint density at radius 1 is 1.45 bits per heavy atom. The summed E-state index contributed by atoms with van der Waals surface area (Å²) in [5, 5.41) is 0.342. The van der Waals surface area contributed by atoms with Gasteiger partial charge in [-0.15, -0.1) is 0 Å². The van der Waals surface area contributed by atoms with Crippen LogP contribution in [0.1, 0.15) is 36.0 Å². The smallest absolute Gasteiger partial charge is 0.313 e. The third-order valence-electron chi connectivity index (χ3n) is 5.00. The molecule has 0 radical (unpaired) electrons. The highest BCUT2D eigenvalue weighted by Gasteiger charge is 2.54. The molecular weight excluding hydrogens is 304 g/mol. The number of halogens is 1. The van der Waals surface area contributed by atoms with E-state index in [1.165, 1.54) is 13.3 Å². The molecule has 1 saturated heterocycles. The Balaban J connectivity index is 1.87. The fourth-order valence-electron chi connectivity index (χ4n) is 3.87. The Kier molecular flexibility index (Phi) is 4.08. The summed E-state index contributed by atoms with van der Waals surface area (Å²) < 4.78 is 5.04. The Bertz CT molecular complexity index is 607. The van der Waals surface area contributed by atoms with Gasteiger partial charge in [-0.25, -0.2) is 0 Å². The van der Waals surface area contributed by atoms with E-state index >= 15 is 0 Å². The Hall–Kier alpha value is -1.62. The maximum absolute atomic E-state index is 12.7. The molecule has 6 heteroatoms. The molecule has 1 saturated carbocycles. The zero-order valence-electron chi connectivity index (χ0n) is 12.5. The molecule has 118 valence electrons. The third kappa shape index (κ3) is 2.37. The normalized spacial score (nSPS) is 27.4. The Labute approximate surface area is 134 Å². The van der Waals surface area contributed by atoms with E-state index in [1.807, 2.05) is 0 Å². The number of aromatic nitrogens is 1. The van der Waals surface area contributed by atoms with E-state index < -0.39 is 5.41 Å². The second-order valence-corrected chi connectivity index (χ2v) is 6.54. The van der Waals surface area contributed by atoms with Crippen molar-refractivity contribution in [3.8, 4) is 0 Å². The maximum atomic E-state index is 12.7. The van der Waals surface area contributed by atoms with E-state index in [9.17, 15) is 9.59 Å². The molecule has 3 rings (SSSR count). The van der Waals surface area contributed by atoms with Gasteiger partial charge in [0.25, 0.3) is 5.91 Å². The number of carbonyl (C=O) groups excluding carboxylic acids is 2. The van der Waals surface area contributed by atoms with Crippen molar-refractivity contribution in [2.75, 3.05) is 20.2 Å². The molecule has 2 atom stereocenters. The second kappa shape index (κ2) is 5.88. The summed E-state index contributed by atoms with van der Waals surface area (Å²) in [6.07, 6.45) is 6.87. The van der Waals surface area contributed by atoms with Gasteiger partial charge in [0.15, 0.2) is 0 Å². The molecule has 1 amide bonds. The SMILES string of the molecule is COC(=O)[C@@]12CCCC[C@@H]1CN(C(=O)c1ccncc1Cl)C2. The minimum atomic E-state index is -0.540. The first-order valence-corrected chi connectivity index (χ1v) is 7.93. The molecule has 1 aliphatic heterocycles. The Morgan fingerprint density at radius 3 is 3.00 bits per heavy atom. The van der Waals surface area contributed by atoms with Crippen molar-refractivity contribution < 1.29 is 14.3 Å². The predicted molar refractivity (Wildman–Crippen MR) is 81.6 cm³/mol. The molecule has 2 heterocycles. The highest BCUT2D eigenvalue weighted by atomic mass is 35.5. The van der Waals surface area contributed by atoms with Gasteiger partial charge in [-0.05, 0) is 24.8 Å². The fourth-order valence-corrected chi connectivity index (χ4v) is 4.07.